The van der Waals surface area contributed by atoms with E-state index in [0.29, 0.717) is 12.3 Å². The van der Waals surface area contributed by atoms with Gasteiger partial charge in [-0.2, -0.15) is 0 Å². The Bertz CT molecular complexity index is 364. The van der Waals surface area contributed by atoms with Crippen LogP contribution < -0.4 is 15.4 Å². The van der Waals surface area contributed by atoms with Crippen molar-refractivity contribution in [1.29, 1.82) is 0 Å². The fraction of sp³-hybridized carbons (Fsp3) is 0.417. The Morgan fingerprint density at radius 1 is 1.39 bits per heavy atom. The number of hydrogen-bond acceptors (Lipinski definition) is 3. The van der Waals surface area contributed by atoms with E-state index in [-0.39, 0.29) is 24.9 Å². The van der Waals surface area contributed by atoms with Gasteiger partial charge < -0.3 is 15.4 Å². The monoisotopic (exact) mass is 336 g/mol. The second kappa shape index (κ2) is 10.2. The van der Waals surface area contributed by atoms with Crippen LogP contribution in [0.2, 0.25) is 0 Å². The maximum absolute atomic E-state index is 11.4. The molecule has 2 N–H and O–H groups in total. The molecule has 0 saturated heterocycles. The molecule has 0 saturated carbocycles. The lowest BCUT2D eigenvalue weighted by Crippen LogP contribution is -2.34. The Morgan fingerprint density at radius 2 is 2.17 bits per heavy atom. The molecule has 4 nitrogen and oxygen atoms in total. The fourth-order valence-electron chi connectivity index (χ4n) is 1.22. The number of benzene rings is 1. The number of likely N-dealkylation sites (N-methyl/N-ethyl adjacent to an activating group) is 1. The minimum atomic E-state index is -0.108. The molecule has 0 aliphatic heterocycles. The Kier molecular flexibility index (Phi) is 9.73. The molecule has 6 heteroatoms. The number of carbonyl (C=O) groups excluding carboxylic acids is 1. The van der Waals surface area contributed by atoms with Gasteiger partial charge >= 0.3 is 0 Å². The van der Waals surface area contributed by atoms with E-state index in [1.54, 1.807) is 0 Å². The molecule has 0 fully saturated rings. The Labute approximate surface area is 122 Å². The highest BCUT2D eigenvalue weighted by molar-refractivity contribution is 9.10. The predicted molar refractivity (Wildman–Crippen MR) is 78.4 cm³/mol. The minimum absolute atomic E-state index is 0. The summed E-state index contributed by atoms with van der Waals surface area (Å²) in [6, 6.07) is 7.41. The first-order valence-electron chi connectivity index (χ1n) is 5.58. The molecule has 0 radical (unpaired) electrons. The van der Waals surface area contributed by atoms with E-state index < -0.39 is 0 Å². The largest absolute Gasteiger partial charge is 0.484 e. The summed E-state index contributed by atoms with van der Waals surface area (Å²) in [6.07, 6.45) is 0. The van der Waals surface area contributed by atoms with Gasteiger partial charge in [-0.1, -0.05) is 28.9 Å². The van der Waals surface area contributed by atoms with Crippen molar-refractivity contribution in [2.24, 2.45) is 0 Å². The number of rotatable bonds is 7. The third-order valence-electron chi connectivity index (χ3n) is 2.04. The first-order chi connectivity index (χ1) is 8.22. The van der Waals surface area contributed by atoms with E-state index in [1.165, 1.54) is 0 Å². The fourth-order valence-corrected chi connectivity index (χ4v) is 1.60. The van der Waals surface area contributed by atoms with Gasteiger partial charge in [0.2, 0.25) is 0 Å². The standard InChI is InChI=1S/C12H17BrN2O2.ClH/c1-2-14-6-7-15-12(16)9-17-11-5-3-4-10(13)8-11;/h3-5,8,14H,2,6-7,9H2,1H3,(H,15,16);1H. The second-order valence-corrected chi connectivity index (χ2v) is 4.37. The molecule has 0 spiro atoms. The first-order valence-corrected chi connectivity index (χ1v) is 6.37. The lowest BCUT2D eigenvalue weighted by Gasteiger charge is -2.07. The molecule has 0 aliphatic rings. The van der Waals surface area contributed by atoms with Crippen LogP contribution in [0.25, 0.3) is 0 Å². The molecular weight excluding hydrogens is 320 g/mol. The van der Waals surface area contributed by atoms with Crippen LogP contribution in [-0.4, -0.2) is 32.1 Å². The van der Waals surface area contributed by atoms with E-state index in [9.17, 15) is 4.79 Å². The molecule has 18 heavy (non-hydrogen) atoms. The Balaban J connectivity index is 0.00000289. The van der Waals surface area contributed by atoms with Gasteiger partial charge in [-0.15, -0.1) is 12.4 Å². The Morgan fingerprint density at radius 3 is 2.83 bits per heavy atom. The van der Waals surface area contributed by atoms with Crippen molar-refractivity contribution >= 4 is 34.2 Å². The van der Waals surface area contributed by atoms with Crippen LogP contribution in [-0.2, 0) is 4.79 Å². The number of hydrogen-bond donors (Lipinski definition) is 2. The predicted octanol–water partition coefficient (Wildman–Crippen LogP) is 1.98. The number of carbonyl (C=O) groups is 1. The van der Waals surface area contributed by atoms with Crippen LogP contribution in [0.1, 0.15) is 6.92 Å². The van der Waals surface area contributed by atoms with Gasteiger partial charge in [0.05, 0.1) is 0 Å². The van der Waals surface area contributed by atoms with E-state index >= 15 is 0 Å². The van der Waals surface area contributed by atoms with Crippen molar-refractivity contribution in [1.82, 2.24) is 10.6 Å². The highest BCUT2D eigenvalue weighted by atomic mass is 79.9. The van der Waals surface area contributed by atoms with E-state index in [2.05, 4.69) is 26.6 Å². The van der Waals surface area contributed by atoms with Crippen molar-refractivity contribution in [2.45, 2.75) is 6.92 Å². The van der Waals surface area contributed by atoms with Crippen molar-refractivity contribution in [3.05, 3.63) is 28.7 Å². The normalized spacial score (nSPS) is 9.44. The summed E-state index contributed by atoms with van der Waals surface area (Å²) in [7, 11) is 0. The smallest absolute Gasteiger partial charge is 0.257 e. The molecule has 0 aliphatic carbocycles. The van der Waals surface area contributed by atoms with E-state index in [4.69, 9.17) is 4.74 Å². The van der Waals surface area contributed by atoms with Crippen LogP contribution >= 0.6 is 28.3 Å². The van der Waals surface area contributed by atoms with Gasteiger partial charge in [0.1, 0.15) is 5.75 Å². The zero-order chi connectivity index (χ0) is 12.5. The average Bonchev–Trinajstić information content (AvgIpc) is 2.32. The van der Waals surface area contributed by atoms with Crippen LogP contribution in [0.5, 0.6) is 5.75 Å². The van der Waals surface area contributed by atoms with Crippen LogP contribution in [0.4, 0.5) is 0 Å². The van der Waals surface area contributed by atoms with Crippen LogP contribution in [0.15, 0.2) is 28.7 Å². The Hall–Kier alpha value is -0.780. The molecule has 1 aromatic rings. The maximum Gasteiger partial charge on any atom is 0.257 e. The van der Waals surface area contributed by atoms with Crippen LogP contribution in [0.3, 0.4) is 0 Å². The summed E-state index contributed by atoms with van der Waals surface area (Å²) in [6.45, 7) is 4.37. The summed E-state index contributed by atoms with van der Waals surface area (Å²) < 4.78 is 6.28. The summed E-state index contributed by atoms with van der Waals surface area (Å²) in [4.78, 5) is 11.4. The van der Waals surface area contributed by atoms with Crippen molar-refractivity contribution in [3.63, 3.8) is 0 Å². The number of amides is 1. The summed E-state index contributed by atoms with van der Waals surface area (Å²) in [5, 5.41) is 5.89. The highest BCUT2D eigenvalue weighted by Crippen LogP contribution is 2.17. The highest BCUT2D eigenvalue weighted by Gasteiger charge is 2.01. The zero-order valence-electron chi connectivity index (χ0n) is 10.2. The topological polar surface area (TPSA) is 50.4 Å². The van der Waals surface area contributed by atoms with E-state index in [1.807, 2.05) is 31.2 Å². The lowest BCUT2D eigenvalue weighted by atomic mass is 10.3. The molecule has 1 rings (SSSR count). The lowest BCUT2D eigenvalue weighted by molar-refractivity contribution is -0.123. The van der Waals surface area contributed by atoms with Crippen molar-refractivity contribution in [2.75, 3.05) is 26.2 Å². The summed E-state index contributed by atoms with van der Waals surface area (Å²) in [5.74, 6) is 0.573. The minimum Gasteiger partial charge on any atom is -0.484 e. The molecule has 1 aromatic carbocycles. The summed E-state index contributed by atoms with van der Waals surface area (Å²) in [5.41, 5.74) is 0. The third kappa shape index (κ3) is 7.53. The average molecular weight is 338 g/mol. The van der Waals surface area contributed by atoms with Gasteiger partial charge in [-0.25, -0.2) is 0 Å². The number of ether oxygens (including phenoxy) is 1. The van der Waals surface area contributed by atoms with Gasteiger partial charge in [0.25, 0.3) is 5.91 Å². The molecule has 1 amide bonds. The first kappa shape index (κ1) is 17.2. The van der Waals surface area contributed by atoms with E-state index in [0.717, 1.165) is 17.6 Å². The van der Waals surface area contributed by atoms with Gasteiger partial charge in [-0.05, 0) is 24.7 Å². The second-order valence-electron chi connectivity index (χ2n) is 3.45. The molecular formula is C12H18BrClN2O2. The SMILES string of the molecule is CCNCCNC(=O)COc1cccc(Br)c1.Cl. The molecule has 0 heterocycles. The third-order valence-corrected chi connectivity index (χ3v) is 2.53. The van der Waals surface area contributed by atoms with Crippen molar-refractivity contribution in [3.8, 4) is 5.75 Å². The quantitative estimate of drug-likeness (QED) is 0.748. The molecule has 0 aromatic heterocycles. The van der Waals surface area contributed by atoms with Gasteiger partial charge in [0, 0.05) is 17.6 Å². The molecule has 0 atom stereocenters. The van der Waals surface area contributed by atoms with Gasteiger partial charge in [0.15, 0.2) is 6.61 Å². The maximum atomic E-state index is 11.4. The van der Waals surface area contributed by atoms with Gasteiger partial charge in [-0.3, -0.25) is 4.79 Å². The summed E-state index contributed by atoms with van der Waals surface area (Å²) >= 11 is 3.34. The number of nitrogens with one attached hydrogen (secondary N) is 2. The van der Waals surface area contributed by atoms with Crippen molar-refractivity contribution < 1.29 is 9.53 Å². The molecule has 0 unspecified atom stereocenters. The van der Waals surface area contributed by atoms with Crippen LogP contribution in [0, 0.1) is 0 Å². The number of halogens is 2. The molecule has 0 bridgehead atoms. The molecule has 102 valence electrons. The zero-order valence-corrected chi connectivity index (χ0v) is 12.6.